The van der Waals surface area contributed by atoms with E-state index in [0.29, 0.717) is 4.90 Å². The van der Waals surface area contributed by atoms with Gasteiger partial charge in [0.05, 0.1) is 20.7 Å². The molecule has 0 amide bonds. The van der Waals surface area contributed by atoms with Gasteiger partial charge in [-0.05, 0) is 11.8 Å². The number of imidazole rings is 1. The Morgan fingerprint density at radius 3 is 2.34 bits per heavy atom. The fraction of sp³-hybridized carbons (Fsp3) is 0.560. The van der Waals surface area contributed by atoms with Crippen LogP contribution in [-0.2, 0) is 61.9 Å². The molecular formula is C25H40N10O17P3S+. The van der Waals surface area contributed by atoms with E-state index in [1.54, 1.807) is 14.1 Å². The van der Waals surface area contributed by atoms with Gasteiger partial charge < -0.3 is 55.3 Å². The van der Waals surface area contributed by atoms with Gasteiger partial charge in [0.25, 0.3) is 5.56 Å². The molecule has 2 aliphatic heterocycles. The Hall–Kier alpha value is -3.40. The van der Waals surface area contributed by atoms with Crippen LogP contribution in [0.2, 0.25) is 0 Å². The van der Waals surface area contributed by atoms with Crippen LogP contribution in [0.4, 0.5) is 23.4 Å². The number of nitrogens with zero attached hydrogens (tertiary/aromatic N) is 5. The molecule has 2 aliphatic rings. The molecule has 3 aromatic rings. The number of nitrogens with two attached hydrogens (primary N) is 2. The predicted molar refractivity (Wildman–Crippen MR) is 194 cm³/mol. The van der Waals surface area contributed by atoms with Gasteiger partial charge in [-0.3, -0.25) is 42.6 Å². The molecule has 312 valence electrons. The highest BCUT2D eigenvalue weighted by molar-refractivity contribution is 8.10. The topological polar surface area (TPSA) is 367 Å². The van der Waals surface area contributed by atoms with Crippen molar-refractivity contribution in [1.82, 2.24) is 29.5 Å². The standard InChI is InChI=1S/C25H39N10O17P3S/c1-33(2)13-19(30-25(27)32-21(13)40)34(3)23-17(44-4)15(37)11(50-23)7-47-53(41,42)51-55(56,46-6)52-54(43,45-5)48-8-10-14(36)16(38)22(49-10)35-9-28-12-18(35)29-24(26)31-20(12)39/h9,11,15-17,22-23,36-38H,7-8H2,1-6H3,(H,41,42)(H3,26,29,31,39)(H3,27,30,32,40)/p+1. The summed E-state index contributed by atoms with van der Waals surface area (Å²) in [7, 11) is -2.34. The quantitative estimate of drug-likeness (QED) is 0.0652. The highest BCUT2D eigenvalue weighted by Gasteiger charge is 2.49. The predicted octanol–water partition coefficient (Wildman–Crippen LogP) is -2.17. The lowest BCUT2D eigenvalue weighted by molar-refractivity contribution is -0.786. The number of nitrogen functional groups attached to an aromatic ring is 2. The van der Waals surface area contributed by atoms with Crippen LogP contribution in [0.15, 0.2) is 27.4 Å². The lowest BCUT2D eigenvalue weighted by atomic mass is 10.1. The van der Waals surface area contributed by atoms with E-state index in [9.17, 15) is 38.9 Å². The Morgan fingerprint density at radius 1 is 1.05 bits per heavy atom. The van der Waals surface area contributed by atoms with E-state index in [4.69, 9.17) is 64.2 Å². The number of rotatable bonds is 17. The number of methoxy groups -OCH3 is 1. The van der Waals surface area contributed by atoms with Gasteiger partial charge >= 0.3 is 27.9 Å². The van der Waals surface area contributed by atoms with E-state index in [1.165, 1.54) is 19.1 Å². The van der Waals surface area contributed by atoms with Crippen molar-refractivity contribution < 1.29 is 75.2 Å². The maximum Gasteiger partial charge on any atom is 0.482 e. The third-order valence-electron chi connectivity index (χ3n) is 8.15. The van der Waals surface area contributed by atoms with Gasteiger partial charge in [-0.25, -0.2) is 22.7 Å². The van der Waals surface area contributed by atoms with Crippen molar-refractivity contribution in [3.63, 3.8) is 0 Å². The summed E-state index contributed by atoms with van der Waals surface area (Å²) in [4.78, 5) is 54.1. The van der Waals surface area contributed by atoms with Crippen LogP contribution in [0.3, 0.4) is 0 Å². The second-order valence-electron chi connectivity index (χ2n) is 12.0. The Kier molecular flexibility index (Phi) is 13.1. The fourth-order valence-electron chi connectivity index (χ4n) is 5.51. The first-order chi connectivity index (χ1) is 26.2. The first-order valence-electron chi connectivity index (χ1n) is 15.8. The number of fused-ring (bicyclic) bond motifs is 1. The molecule has 5 rings (SSSR count). The van der Waals surface area contributed by atoms with Gasteiger partial charge in [0.1, 0.15) is 31.2 Å². The number of aliphatic hydroxyl groups excluding tert-OH is 3. The SMILES string of the molecule is COC1C(O)C(COP(=O)(O)OP(=S)(OC)OP(=O)(OC)OCC2=C(O)C(O)C(n3cnc4c(=O)[nH]c(N)nc43)O2)OC1N(C)c1nc(N)[nH]c(=O)c1[NH+](C)C. The summed E-state index contributed by atoms with van der Waals surface area (Å²) in [6, 6.07) is 0. The summed E-state index contributed by atoms with van der Waals surface area (Å²) in [5.74, 6) is -1.63. The van der Waals surface area contributed by atoms with Crippen LogP contribution in [0.5, 0.6) is 0 Å². The highest BCUT2D eigenvalue weighted by Crippen LogP contribution is 2.71. The van der Waals surface area contributed by atoms with Crippen LogP contribution in [0.25, 0.3) is 11.2 Å². The largest absolute Gasteiger partial charge is 0.506 e. The van der Waals surface area contributed by atoms with Crippen LogP contribution in [0.1, 0.15) is 6.23 Å². The molecule has 27 nitrogen and oxygen atoms in total. The number of aromatic nitrogens is 6. The number of nitrogens with one attached hydrogen (secondary N) is 3. The van der Waals surface area contributed by atoms with Crippen molar-refractivity contribution in [3.05, 3.63) is 38.6 Å². The molecule has 5 heterocycles. The van der Waals surface area contributed by atoms with Crippen molar-refractivity contribution in [1.29, 1.82) is 0 Å². The first kappa shape index (κ1) is 43.7. The molecular weight excluding hydrogens is 837 g/mol. The second-order valence-corrected chi connectivity index (χ2v) is 18.6. The van der Waals surface area contributed by atoms with Crippen molar-refractivity contribution >= 4 is 68.7 Å². The zero-order chi connectivity index (χ0) is 41.5. The normalized spacial score (nSPS) is 26.0. The van der Waals surface area contributed by atoms with Gasteiger partial charge in [-0.1, -0.05) is 0 Å². The van der Waals surface area contributed by atoms with Gasteiger partial charge in [-0.15, -0.1) is 0 Å². The first-order valence-corrected chi connectivity index (χ1v) is 21.3. The van der Waals surface area contributed by atoms with Gasteiger partial charge in [0.2, 0.25) is 29.6 Å². The van der Waals surface area contributed by atoms with Crippen LogP contribution < -0.4 is 32.4 Å². The molecule has 0 aliphatic carbocycles. The summed E-state index contributed by atoms with van der Waals surface area (Å²) in [6.07, 6.45) is -7.18. The van der Waals surface area contributed by atoms with Gasteiger partial charge in [-0.2, -0.15) is 9.97 Å². The van der Waals surface area contributed by atoms with E-state index >= 15 is 0 Å². The molecule has 0 saturated carbocycles. The maximum atomic E-state index is 13.5. The lowest BCUT2D eigenvalue weighted by Crippen LogP contribution is -3.01. The smallest absolute Gasteiger partial charge is 0.482 e. The third kappa shape index (κ3) is 9.00. The molecule has 0 bridgehead atoms. The van der Waals surface area contributed by atoms with E-state index in [-0.39, 0.29) is 34.6 Å². The number of aromatic amines is 2. The van der Waals surface area contributed by atoms with Crippen molar-refractivity contribution in [2.24, 2.45) is 0 Å². The molecule has 11 N–H and O–H groups in total. The second kappa shape index (κ2) is 16.8. The zero-order valence-electron chi connectivity index (χ0n) is 30.2. The van der Waals surface area contributed by atoms with E-state index in [0.717, 1.165) is 25.1 Å². The monoisotopic (exact) mass is 877 g/mol. The van der Waals surface area contributed by atoms with Gasteiger partial charge in [0, 0.05) is 28.4 Å². The molecule has 0 aromatic carbocycles. The number of aliphatic hydroxyl groups is 3. The number of hydrogen-bond donors (Lipinski definition) is 9. The van der Waals surface area contributed by atoms with Crippen LogP contribution in [-0.4, -0.2) is 136 Å². The molecule has 0 radical (unpaired) electrons. The molecule has 3 aromatic heterocycles. The summed E-state index contributed by atoms with van der Waals surface area (Å²) < 4.78 is 74.8. The molecule has 9 unspecified atom stereocenters. The maximum absolute atomic E-state index is 13.5. The fourth-order valence-corrected chi connectivity index (χ4v) is 11.3. The molecule has 56 heavy (non-hydrogen) atoms. The summed E-state index contributed by atoms with van der Waals surface area (Å²) in [6.45, 7) is -6.29. The summed E-state index contributed by atoms with van der Waals surface area (Å²) in [5, 5.41) is 32.2. The number of phosphoric acid groups is 2. The average Bonchev–Trinajstić information content (AvgIpc) is 3.77. The third-order valence-corrected chi connectivity index (χ3v) is 14.8. The van der Waals surface area contributed by atoms with E-state index < -0.39 is 95.1 Å². The Morgan fingerprint density at radius 2 is 1.71 bits per heavy atom. The minimum Gasteiger partial charge on any atom is -0.506 e. The van der Waals surface area contributed by atoms with Crippen LogP contribution in [0, 0.1) is 0 Å². The number of quaternary nitrogens is 1. The molecule has 9 atom stereocenters. The molecule has 1 saturated heterocycles. The van der Waals surface area contributed by atoms with E-state index in [2.05, 4.69) is 24.9 Å². The minimum atomic E-state index is -5.31. The van der Waals surface area contributed by atoms with Crippen molar-refractivity contribution in [2.75, 3.05) is 72.1 Å². The number of H-pyrrole nitrogens is 2. The molecule has 1 fully saturated rings. The highest BCUT2D eigenvalue weighted by atomic mass is 32.5. The number of likely N-dealkylation sites (N-methyl/N-ethyl adjacent to an activating group) is 1. The van der Waals surface area contributed by atoms with Crippen molar-refractivity contribution in [3.8, 4) is 0 Å². The van der Waals surface area contributed by atoms with Crippen molar-refractivity contribution in [2.45, 2.75) is 36.9 Å². The number of hydrogen-bond acceptors (Lipinski definition) is 23. The van der Waals surface area contributed by atoms with E-state index in [1.807, 2.05) is 0 Å². The lowest BCUT2D eigenvalue weighted by Gasteiger charge is -2.30. The number of ether oxygens (including phenoxy) is 3. The minimum absolute atomic E-state index is 0.0977. The summed E-state index contributed by atoms with van der Waals surface area (Å²) >= 11 is 5.12. The number of anilines is 3. The zero-order valence-corrected chi connectivity index (χ0v) is 33.7. The average molecular weight is 878 g/mol. The Balaban J connectivity index is 1.23. The van der Waals surface area contributed by atoms with Gasteiger partial charge in [0.15, 0.2) is 35.0 Å². The molecule has 0 spiro atoms. The summed E-state index contributed by atoms with van der Waals surface area (Å²) in [5.41, 5.74) is 10.1. The number of phosphoric ester groups is 2. The van der Waals surface area contributed by atoms with Crippen LogP contribution >= 0.6 is 22.4 Å². The Labute approximate surface area is 320 Å². The molecule has 31 heteroatoms. The Bertz CT molecular complexity index is 2240.